The number of aryl methyl sites for hydroxylation is 2. The largest absolute Gasteiger partial charge is 0.233 e. The monoisotopic (exact) mass is 347 g/mol. The number of fused-ring (bicyclic) bond motifs is 1. The van der Waals surface area contributed by atoms with Gasteiger partial charge >= 0.3 is 0 Å². The Hall–Kier alpha value is -2.65. The lowest BCUT2D eigenvalue weighted by molar-refractivity contribution is 0.586. The van der Waals surface area contributed by atoms with E-state index in [-0.39, 0.29) is 6.04 Å². The minimum atomic E-state index is -0.0513. The van der Waals surface area contributed by atoms with Crippen molar-refractivity contribution in [3.05, 3.63) is 94.0 Å². The zero-order chi connectivity index (χ0) is 17.4. The van der Waals surface area contributed by atoms with Crippen LogP contribution < -0.4 is 0 Å². The van der Waals surface area contributed by atoms with Crippen molar-refractivity contribution in [3.63, 3.8) is 0 Å². The zero-order valence-corrected chi connectivity index (χ0v) is 14.9. The van der Waals surface area contributed by atoms with Gasteiger partial charge in [0.15, 0.2) is 0 Å². The lowest BCUT2D eigenvalue weighted by Gasteiger charge is -2.21. The van der Waals surface area contributed by atoms with Gasteiger partial charge in [0.05, 0.1) is 5.52 Å². The molecule has 1 heterocycles. The molecule has 0 aliphatic carbocycles. The average molecular weight is 348 g/mol. The van der Waals surface area contributed by atoms with Crippen LogP contribution >= 0.6 is 11.6 Å². The molecule has 25 heavy (non-hydrogen) atoms. The third-order valence-corrected chi connectivity index (χ3v) is 4.79. The van der Waals surface area contributed by atoms with Crippen LogP contribution in [0.15, 0.2) is 66.7 Å². The average Bonchev–Trinajstić information content (AvgIpc) is 3.04. The number of benzene rings is 3. The van der Waals surface area contributed by atoms with Crippen LogP contribution in [0.2, 0.25) is 5.02 Å². The SMILES string of the molecule is Cc1ccc(C)c(C(c2ccc(Cl)cc2)n2nnc3ccccc32)c1. The molecule has 0 saturated heterocycles. The molecule has 0 fully saturated rings. The Bertz CT molecular complexity index is 1030. The second-order valence-corrected chi connectivity index (χ2v) is 6.77. The van der Waals surface area contributed by atoms with Gasteiger partial charge in [0.2, 0.25) is 0 Å². The first-order chi connectivity index (χ1) is 12.1. The summed E-state index contributed by atoms with van der Waals surface area (Å²) in [5.74, 6) is 0. The number of nitrogens with zero attached hydrogens (tertiary/aromatic N) is 3. The normalized spacial score (nSPS) is 12.4. The molecule has 1 atom stereocenters. The van der Waals surface area contributed by atoms with Crippen molar-refractivity contribution in [1.82, 2.24) is 15.0 Å². The minimum absolute atomic E-state index is 0.0513. The van der Waals surface area contributed by atoms with Gasteiger partial charge in [0, 0.05) is 5.02 Å². The van der Waals surface area contributed by atoms with Gasteiger partial charge < -0.3 is 0 Å². The molecule has 0 saturated carbocycles. The van der Waals surface area contributed by atoms with Gasteiger partial charge in [0.1, 0.15) is 11.6 Å². The molecule has 0 N–H and O–H groups in total. The first kappa shape index (κ1) is 15.9. The molecular formula is C21H18ClN3. The molecular weight excluding hydrogens is 330 g/mol. The number of rotatable bonds is 3. The van der Waals surface area contributed by atoms with E-state index in [4.69, 9.17) is 11.6 Å². The maximum Gasteiger partial charge on any atom is 0.113 e. The van der Waals surface area contributed by atoms with Crippen molar-refractivity contribution in [2.24, 2.45) is 0 Å². The van der Waals surface area contributed by atoms with Gasteiger partial charge in [-0.3, -0.25) is 0 Å². The number of halogens is 1. The van der Waals surface area contributed by atoms with Crippen LogP contribution in [-0.2, 0) is 0 Å². The number of para-hydroxylation sites is 1. The van der Waals surface area contributed by atoms with Gasteiger partial charge in [-0.1, -0.05) is 64.8 Å². The number of hydrogen-bond acceptors (Lipinski definition) is 2. The van der Waals surface area contributed by atoms with E-state index >= 15 is 0 Å². The summed E-state index contributed by atoms with van der Waals surface area (Å²) in [7, 11) is 0. The van der Waals surface area contributed by atoms with E-state index in [1.165, 1.54) is 16.7 Å². The van der Waals surface area contributed by atoms with Gasteiger partial charge in [0.25, 0.3) is 0 Å². The molecule has 0 bridgehead atoms. The van der Waals surface area contributed by atoms with Gasteiger partial charge in [-0.2, -0.15) is 0 Å². The first-order valence-corrected chi connectivity index (χ1v) is 8.64. The smallest absolute Gasteiger partial charge is 0.113 e. The van der Waals surface area contributed by atoms with Gasteiger partial charge in [-0.05, 0) is 54.8 Å². The Balaban J connectivity index is 1.98. The standard InChI is InChI=1S/C21H18ClN3/c1-14-7-8-15(2)18(13-14)21(16-9-11-17(22)12-10-16)25-20-6-4-3-5-19(20)23-24-25/h3-13,21H,1-2H3. The van der Waals surface area contributed by atoms with Crippen LogP contribution in [0.5, 0.6) is 0 Å². The van der Waals surface area contributed by atoms with Gasteiger partial charge in [-0.25, -0.2) is 4.68 Å². The molecule has 4 rings (SSSR count). The molecule has 3 aromatic carbocycles. The van der Waals surface area contributed by atoms with Crippen LogP contribution in [-0.4, -0.2) is 15.0 Å². The predicted molar refractivity (Wildman–Crippen MR) is 102 cm³/mol. The van der Waals surface area contributed by atoms with E-state index in [0.29, 0.717) is 0 Å². The highest BCUT2D eigenvalue weighted by Gasteiger charge is 2.22. The summed E-state index contributed by atoms with van der Waals surface area (Å²) in [5.41, 5.74) is 6.72. The lowest BCUT2D eigenvalue weighted by atomic mass is 9.93. The molecule has 3 nitrogen and oxygen atoms in total. The van der Waals surface area contributed by atoms with Crippen molar-refractivity contribution >= 4 is 22.6 Å². The quantitative estimate of drug-likeness (QED) is 0.501. The van der Waals surface area contributed by atoms with Crippen molar-refractivity contribution < 1.29 is 0 Å². The topological polar surface area (TPSA) is 30.7 Å². The fourth-order valence-corrected chi connectivity index (χ4v) is 3.36. The zero-order valence-electron chi connectivity index (χ0n) is 14.1. The predicted octanol–water partition coefficient (Wildman–Crippen LogP) is 5.34. The van der Waals surface area contributed by atoms with Crippen molar-refractivity contribution in [2.45, 2.75) is 19.9 Å². The number of aromatic nitrogens is 3. The summed E-state index contributed by atoms with van der Waals surface area (Å²) in [5, 5.41) is 9.55. The van der Waals surface area contributed by atoms with E-state index in [0.717, 1.165) is 21.6 Å². The molecule has 0 amide bonds. The summed E-state index contributed by atoms with van der Waals surface area (Å²) in [4.78, 5) is 0. The highest BCUT2D eigenvalue weighted by Crippen LogP contribution is 2.32. The van der Waals surface area contributed by atoms with Gasteiger partial charge in [-0.15, -0.1) is 5.10 Å². The third-order valence-electron chi connectivity index (χ3n) is 4.54. The molecule has 1 unspecified atom stereocenters. The van der Waals surface area contributed by atoms with E-state index < -0.39 is 0 Å². The van der Waals surface area contributed by atoms with Crippen molar-refractivity contribution in [1.29, 1.82) is 0 Å². The summed E-state index contributed by atoms with van der Waals surface area (Å²) in [6.45, 7) is 4.25. The van der Waals surface area contributed by atoms with E-state index in [2.05, 4.69) is 60.6 Å². The molecule has 1 aromatic heterocycles. The highest BCUT2D eigenvalue weighted by atomic mass is 35.5. The molecule has 4 aromatic rings. The van der Waals surface area contributed by atoms with Crippen LogP contribution in [0.4, 0.5) is 0 Å². The van der Waals surface area contributed by atoms with Crippen LogP contribution in [0.25, 0.3) is 11.0 Å². The maximum atomic E-state index is 6.10. The summed E-state index contributed by atoms with van der Waals surface area (Å²) in [6, 6.07) is 22.5. The lowest BCUT2D eigenvalue weighted by Crippen LogP contribution is -2.15. The highest BCUT2D eigenvalue weighted by molar-refractivity contribution is 6.30. The van der Waals surface area contributed by atoms with E-state index in [9.17, 15) is 0 Å². The van der Waals surface area contributed by atoms with E-state index in [1.807, 2.05) is 35.0 Å². The van der Waals surface area contributed by atoms with Crippen molar-refractivity contribution in [2.75, 3.05) is 0 Å². The molecule has 4 heteroatoms. The number of hydrogen-bond donors (Lipinski definition) is 0. The Morgan fingerprint density at radius 1 is 0.920 bits per heavy atom. The molecule has 0 aliphatic heterocycles. The first-order valence-electron chi connectivity index (χ1n) is 8.26. The summed E-state index contributed by atoms with van der Waals surface area (Å²) < 4.78 is 2.00. The summed E-state index contributed by atoms with van der Waals surface area (Å²) >= 11 is 6.10. The third kappa shape index (κ3) is 2.92. The molecule has 124 valence electrons. The second-order valence-electron chi connectivity index (χ2n) is 6.34. The van der Waals surface area contributed by atoms with Crippen LogP contribution in [0, 0.1) is 13.8 Å². The minimum Gasteiger partial charge on any atom is -0.233 e. The Morgan fingerprint density at radius 2 is 1.68 bits per heavy atom. The second kappa shape index (κ2) is 6.34. The fourth-order valence-electron chi connectivity index (χ4n) is 3.23. The fraction of sp³-hybridized carbons (Fsp3) is 0.143. The Kier molecular flexibility index (Phi) is 4.02. The molecule has 0 aliphatic rings. The van der Waals surface area contributed by atoms with Crippen LogP contribution in [0.1, 0.15) is 28.3 Å². The van der Waals surface area contributed by atoms with Crippen LogP contribution in [0.3, 0.4) is 0 Å². The Morgan fingerprint density at radius 3 is 2.48 bits per heavy atom. The molecule has 0 radical (unpaired) electrons. The Labute approximate surface area is 151 Å². The maximum absolute atomic E-state index is 6.10. The van der Waals surface area contributed by atoms with E-state index in [1.54, 1.807) is 0 Å². The summed E-state index contributed by atoms with van der Waals surface area (Å²) in [6.07, 6.45) is 0. The molecule has 0 spiro atoms. The van der Waals surface area contributed by atoms with Crippen molar-refractivity contribution in [3.8, 4) is 0 Å².